The van der Waals surface area contributed by atoms with Crippen molar-refractivity contribution in [2.24, 2.45) is 10.8 Å². The summed E-state index contributed by atoms with van der Waals surface area (Å²) in [6, 6.07) is 2.20. The zero-order valence-corrected chi connectivity index (χ0v) is 12.5. The SMILES string of the molecule is [2H]C1([2H])C(C)(C#N)C1(C)CCCCCCCCCCC. The molecule has 2 atom stereocenters. The van der Waals surface area contributed by atoms with Crippen LogP contribution in [0.5, 0.6) is 0 Å². The van der Waals surface area contributed by atoms with Crippen LogP contribution in [0.3, 0.4) is 0 Å². The van der Waals surface area contributed by atoms with E-state index in [1.807, 2.05) is 6.92 Å². The molecule has 1 aliphatic rings. The molecule has 0 aromatic rings. The van der Waals surface area contributed by atoms with Gasteiger partial charge in [-0.3, -0.25) is 0 Å². The molecule has 0 aliphatic heterocycles. The molecule has 0 aromatic carbocycles. The van der Waals surface area contributed by atoms with Gasteiger partial charge < -0.3 is 0 Å². The summed E-state index contributed by atoms with van der Waals surface area (Å²) in [5, 5.41) is 9.19. The van der Waals surface area contributed by atoms with E-state index in [1.165, 1.54) is 51.4 Å². The maximum Gasteiger partial charge on any atom is 0.0692 e. The Balaban J connectivity index is 2.10. The quantitative estimate of drug-likeness (QED) is 0.447. The maximum atomic E-state index is 9.19. The van der Waals surface area contributed by atoms with Crippen LogP contribution in [0.2, 0.25) is 0 Å². The van der Waals surface area contributed by atoms with Crippen molar-refractivity contribution in [2.45, 2.75) is 91.4 Å². The lowest BCUT2D eigenvalue weighted by molar-refractivity contribution is 0.401. The smallest absolute Gasteiger partial charge is 0.0692 e. The van der Waals surface area contributed by atoms with Gasteiger partial charge in [0.1, 0.15) is 0 Å². The lowest BCUT2D eigenvalue weighted by atomic mass is 9.91. The zero-order valence-electron chi connectivity index (χ0n) is 14.5. The fourth-order valence-corrected chi connectivity index (χ4v) is 2.77. The molecule has 2 unspecified atom stereocenters. The van der Waals surface area contributed by atoms with Crippen LogP contribution in [0, 0.1) is 22.2 Å². The molecule has 18 heavy (non-hydrogen) atoms. The molecular formula is C17H31N. The maximum absolute atomic E-state index is 9.19. The normalized spacial score (nSPS) is 34.6. The summed E-state index contributed by atoms with van der Waals surface area (Å²) < 4.78 is 16.0. The number of hydrogen-bond acceptors (Lipinski definition) is 1. The minimum atomic E-state index is -1.31. The molecule has 0 radical (unpaired) electrons. The molecule has 1 saturated carbocycles. The van der Waals surface area contributed by atoms with Crippen molar-refractivity contribution >= 4 is 0 Å². The van der Waals surface area contributed by atoms with E-state index in [0.29, 0.717) is 0 Å². The molecule has 1 nitrogen and oxygen atoms in total. The monoisotopic (exact) mass is 251 g/mol. The van der Waals surface area contributed by atoms with Gasteiger partial charge in [0.05, 0.1) is 11.5 Å². The second-order valence-electron chi connectivity index (χ2n) is 6.27. The van der Waals surface area contributed by atoms with Gasteiger partial charge in [-0.1, -0.05) is 71.6 Å². The summed E-state index contributed by atoms with van der Waals surface area (Å²) in [6.07, 6.45) is 11.1. The van der Waals surface area contributed by atoms with Crippen molar-refractivity contribution in [3.8, 4) is 6.07 Å². The van der Waals surface area contributed by atoms with Crippen LogP contribution in [0.4, 0.5) is 0 Å². The van der Waals surface area contributed by atoms with Crippen molar-refractivity contribution < 1.29 is 2.74 Å². The summed E-state index contributed by atoms with van der Waals surface area (Å²) in [7, 11) is 0. The first-order chi connectivity index (χ1) is 9.37. The van der Waals surface area contributed by atoms with Gasteiger partial charge in [0.15, 0.2) is 0 Å². The first-order valence-electron chi connectivity index (χ1n) is 8.78. The fourth-order valence-electron chi connectivity index (χ4n) is 2.77. The van der Waals surface area contributed by atoms with Gasteiger partial charge in [0, 0.05) is 2.74 Å². The van der Waals surface area contributed by atoms with Gasteiger partial charge in [0.25, 0.3) is 0 Å². The highest BCUT2D eigenvalue weighted by molar-refractivity contribution is 5.20. The predicted molar refractivity (Wildman–Crippen MR) is 78.3 cm³/mol. The Labute approximate surface area is 117 Å². The third-order valence-electron chi connectivity index (χ3n) is 4.57. The van der Waals surface area contributed by atoms with E-state index in [2.05, 4.69) is 13.0 Å². The minimum Gasteiger partial charge on any atom is -0.198 e. The van der Waals surface area contributed by atoms with Crippen molar-refractivity contribution in [3.05, 3.63) is 0 Å². The van der Waals surface area contributed by atoms with E-state index in [4.69, 9.17) is 2.74 Å². The van der Waals surface area contributed by atoms with E-state index >= 15 is 0 Å². The van der Waals surface area contributed by atoms with Gasteiger partial charge >= 0.3 is 0 Å². The Bertz CT molecular complexity index is 347. The zero-order chi connectivity index (χ0) is 15.3. The summed E-state index contributed by atoms with van der Waals surface area (Å²) in [5.41, 5.74) is -1.21. The molecule has 1 aliphatic carbocycles. The number of rotatable bonds is 10. The Morgan fingerprint density at radius 2 is 1.50 bits per heavy atom. The molecule has 0 N–H and O–H groups in total. The Morgan fingerprint density at radius 1 is 1.00 bits per heavy atom. The molecule has 104 valence electrons. The third kappa shape index (κ3) is 4.30. The van der Waals surface area contributed by atoms with Crippen LogP contribution >= 0.6 is 0 Å². The average molecular weight is 251 g/mol. The molecule has 0 saturated heterocycles. The highest BCUT2D eigenvalue weighted by atomic mass is 14.6. The molecule has 0 amide bonds. The van der Waals surface area contributed by atoms with Crippen LogP contribution in [0.1, 0.15) is 94.1 Å². The standard InChI is InChI=1S/C17H31N/c1-4-5-6-7-8-9-10-11-12-13-16(2)14-17(16,3)15-18/h4-14H2,1-3H3/i14D2. The third-order valence-corrected chi connectivity index (χ3v) is 4.57. The number of nitriles is 1. The Morgan fingerprint density at radius 3 is 1.94 bits per heavy atom. The van der Waals surface area contributed by atoms with E-state index in [0.717, 1.165) is 12.8 Å². The molecule has 0 bridgehead atoms. The van der Waals surface area contributed by atoms with Crippen LogP contribution in [-0.2, 0) is 0 Å². The van der Waals surface area contributed by atoms with Gasteiger partial charge in [-0.25, -0.2) is 0 Å². The molecule has 0 aromatic heterocycles. The molecule has 1 fully saturated rings. The van der Waals surface area contributed by atoms with Gasteiger partial charge in [-0.2, -0.15) is 5.26 Å². The van der Waals surface area contributed by atoms with Crippen LogP contribution in [-0.4, -0.2) is 0 Å². The largest absolute Gasteiger partial charge is 0.198 e. The van der Waals surface area contributed by atoms with Gasteiger partial charge in [0.2, 0.25) is 0 Å². The second kappa shape index (κ2) is 7.17. The van der Waals surface area contributed by atoms with Crippen LogP contribution in [0.15, 0.2) is 0 Å². The Hall–Kier alpha value is -0.510. The van der Waals surface area contributed by atoms with E-state index in [1.54, 1.807) is 6.92 Å². The highest BCUT2D eigenvalue weighted by Crippen LogP contribution is 2.65. The van der Waals surface area contributed by atoms with Crippen molar-refractivity contribution in [3.63, 3.8) is 0 Å². The van der Waals surface area contributed by atoms with E-state index < -0.39 is 17.2 Å². The first kappa shape index (κ1) is 12.5. The average Bonchev–Trinajstić information content (AvgIpc) is 2.77. The van der Waals surface area contributed by atoms with Gasteiger partial charge in [-0.15, -0.1) is 0 Å². The van der Waals surface area contributed by atoms with Gasteiger partial charge in [-0.05, 0) is 25.1 Å². The van der Waals surface area contributed by atoms with Crippen LogP contribution in [0.25, 0.3) is 0 Å². The topological polar surface area (TPSA) is 23.8 Å². The number of nitrogens with zero attached hydrogens (tertiary/aromatic N) is 1. The fraction of sp³-hybridized carbons (Fsp3) is 0.941. The lowest BCUT2D eigenvalue weighted by Crippen LogP contribution is -2.05. The summed E-state index contributed by atoms with van der Waals surface area (Å²) in [5.74, 6) is 0. The molecule has 0 heterocycles. The summed E-state index contributed by atoms with van der Waals surface area (Å²) in [4.78, 5) is 0. The minimum absolute atomic E-state index is 0.435. The molecule has 1 rings (SSSR count). The lowest BCUT2D eigenvalue weighted by Gasteiger charge is -2.12. The Kier molecular flexibility index (Phi) is 4.99. The molecule has 0 spiro atoms. The van der Waals surface area contributed by atoms with E-state index in [9.17, 15) is 5.26 Å². The van der Waals surface area contributed by atoms with E-state index in [-0.39, 0.29) is 0 Å². The summed E-state index contributed by atoms with van der Waals surface area (Å²) >= 11 is 0. The molecule has 1 heteroatoms. The number of unbranched alkanes of at least 4 members (excludes halogenated alkanes) is 8. The number of hydrogen-bond donors (Lipinski definition) is 0. The first-order valence-corrected chi connectivity index (χ1v) is 7.78. The predicted octanol–water partition coefficient (Wildman–Crippen LogP) is 5.85. The van der Waals surface area contributed by atoms with Crippen LogP contribution < -0.4 is 0 Å². The summed E-state index contributed by atoms with van der Waals surface area (Å²) in [6.45, 7) is 5.97. The second-order valence-corrected chi connectivity index (χ2v) is 6.27. The molecular weight excluding hydrogens is 218 g/mol. The van der Waals surface area contributed by atoms with Crippen molar-refractivity contribution in [1.29, 1.82) is 5.26 Å². The van der Waals surface area contributed by atoms with Crippen molar-refractivity contribution in [2.75, 3.05) is 0 Å². The van der Waals surface area contributed by atoms with Crippen molar-refractivity contribution in [1.82, 2.24) is 0 Å². The highest BCUT2D eigenvalue weighted by Gasteiger charge is 2.60.